The molecule has 2 heterocycles. The molecular formula is C9H12N2O2S3. The van der Waals surface area contributed by atoms with Crippen LogP contribution in [0.4, 0.5) is 5.13 Å². The number of aromatic carboxylic acids is 1. The predicted octanol–water partition coefficient (Wildman–Crippen LogP) is 2.10. The summed E-state index contributed by atoms with van der Waals surface area (Å²) < 4.78 is 0. The molecule has 16 heavy (non-hydrogen) atoms. The van der Waals surface area contributed by atoms with Gasteiger partial charge in [-0.3, -0.25) is 0 Å². The third-order valence-electron chi connectivity index (χ3n) is 2.08. The molecule has 1 aromatic rings. The molecule has 1 fully saturated rings. The van der Waals surface area contributed by atoms with E-state index in [1.165, 1.54) is 29.0 Å². The highest BCUT2D eigenvalue weighted by Gasteiger charge is 2.15. The molecule has 2 N–H and O–H groups in total. The molecule has 0 amide bonds. The zero-order chi connectivity index (χ0) is 11.4. The van der Waals surface area contributed by atoms with Crippen molar-refractivity contribution in [2.24, 2.45) is 0 Å². The molecule has 4 nitrogen and oxygen atoms in total. The Kier molecular flexibility index (Phi) is 4.37. The molecule has 0 aliphatic carbocycles. The van der Waals surface area contributed by atoms with Crippen molar-refractivity contribution in [3.8, 4) is 0 Å². The minimum atomic E-state index is -0.909. The smallest absolute Gasteiger partial charge is 0.347 e. The molecule has 0 saturated carbocycles. The average Bonchev–Trinajstić information content (AvgIpc) is 2.76. The van der Waals surface area contributed by atoms with Crippen molar-refractivity contribution in [1.82, 2.24) is 4.98 Å². The summed E-state index contributed by atoms with van der Waals surface area (Å²) in [5.41, 5.74) is 0. The first-order valence-corrected chi connectivity index (χ1v) is 7.90. The summed E-state index contributed by atoms with van der Waals surface area (Å²) in [4.78, 5) is 15.0. The second kappa shape index (κ2) is 5.79. The molecule has 0 bridgehead atoms. The summed E-state index contributed by atoms with van der Waals surface area (Å²) in [5.74, 6) is 2.69. The topological polar surface area (TPSA) is 62.2 Å². The Bertz CT molecular complexity index is 363. The van der Waals surface area contributed by atoms with Crippen molar-refractivity contribution < 1.29 is 9.90 Å². The highest BCUT2D eigenvalue weighted by atomic mass is 32.2. The van der Waals surface area contributed by atoms with Crippen LogP contribution in [-0.2, 0) is 0 Å². The number of carboxylic acid groups (broad SMARTS) is 1. The number of rotatable bonds is 4. The number of hydrogen-bond donors (Lipinski definition) is 2. The number of anilines is 1. The van der Waals surface area contributed by atoms with Gasteiger partial charge in [0.25, 0.3) is 0 Å². The summed E-state index contributed by atoms with van der Waals surface area (Å²) in [7, 11) is 0. The first-order chi connectivity index (χ1) is 7.75. The monoisotopic (exact) mass is 276 g/mol. The van der Waals surface area contributed by atoms with Crippen LogP contribution in [0, 0.1) is 0 Å². The van der Waals surface area contributed by atoms with E-state index in [0.717, 1.165) is 12.3 Å². The van der Waals surface area contributed by atoms with E-state index in [4.69, 9.17) is 5.11 Å². The van der Waals surface area contributed by atoms with Gasteiger partial charge in [-0.15, -0.1) is 0 Å². The minimum Gasteiger partial charge on any atom is -0.477 e. The van der Waals surface area contributed by atoms with Crippen LogP contribution in [0.15, 0.2) is 6.20 Å². The predicted molar refractivity (Wildman–Crippen MR) is 71.1 cm³/mol. The van der Waals surface area contributed by atoms with Gasteiger partial charge in [-0.1, -0.05) is 11.3 Å². The van der Waals surface area contributed by atoms with Crippen molar-refractivity contribution in [3.05, 3.63) is 11.1 Å². The quantitative estimate of drug-likeness (QED) is 0.878. The number of nitrogens with one attached hydrogen (secondary N) is 1. The van der Waals surface area contributed by atoms with Crippen molar-refractivity contribution in [2.75, 3.05) is 29.1 Å². The van der Waals surface area contributed by atoms with Gasteiger partial charge < -0.3 is 10.4 Å². The molecule has 1 aromatic heterocycles. The van der Waals surface area contributed by atoms with Crippen LogP contribution in [0.1, 0.15) is 9.67 Å². The summed E-state index contributed by atoms with van der Waals surface area (Å²) in [6.07, 6.45) is 1.40. The standard InChI is InChI=1S/C9H12N2O2S3/c12-8(13)7-4-11-9(16-7)10-3-6-5-14-1-2-15-6/h4,6H,1-3,5H2,(H,10,11)(H,12,13). The zero-order valence-corrected chi connectivity index (χ0v) is 11.0. The lowest BCUT2D eigenvalue weighted by Crippen LogP contribution is -2.23. The molecule has 2 rings (SSSR count). The lowest BCUT2D eigenvalue weighted by Gasteiger charge is -2.20. The number of nitrogens with zero attached hydrogens (tertiary/aromatic N) is 1. The van der Waals surface area contributed by atoms with E-state index in [1.807, 2.05) is 23.5 Å². The van der Waals surface area contributed by atoms with Gasteiger partial charge in [-0.05, 0) is 0 Å². The summed E-state index contributed by atoms with van der Waals surface area (Å²) in [5, 5.41) is 13.3. The molecule has 0 spiro atoms. The number of aromatic nitrogens is 1. The van der Waals surface area contributed by atoms with E-state index < -0.39 is 5.97 Å². The van der Waals surface area contributed by atoms with Gasteiger partial charge in [0, 0.05) is 29.1 Å². The Morgan fingerprint density at radius 2 is 2.50 bits per heavy atom. The van der Waals surface area contributed by atoms with E-state index in [0.29, 0.717) is 10.4 Å². The maximum atomic E-state index is 10.7. The highest BCUT2D eigenvalue weighted by Crippen LogP contribution is 2.25. The minimum absolute atomic E-state index is 0.285. The summed E-state index contributed by atoms with van der Waals surface area (Å²) in [6, 6.07) is 0. The lowest BCUT2D eigenvalue weighted by molar-refractivity contribution is 0.0702. The summed E-state index contributed by atoms with van der Waals surface area (Å²) in [6.45, 7) is 0.865. The third-order valence-corrected chi connectivity index (χ3v) is 5.87. The SMILES string of the molecule is O=C(O)c1cnc(NCC2CSCCS2)s1. The zero-order valence-electron chi connectivity index (χ0n) is 8.51. The second-order valence-corrected chi connectivity index (χ2v) is 6.87. The van der Waals surface area contributed by atoms with Crippen molar-refractivity contribution in [1.29, 1.82) is 0 Å². The van der Waals surface area contributed by atoms with Crippen molar-refractivity contribution >= 4 is 46.0 Å². The number of carboxylic acids is 1. The van der Waals surface area contributed by atoms with Crippen LogP contribution in [-0.4, -0.2) is 45.1 Å². The van der Waals surface area contributed by atoms with Crippen molar-refractivity contribution in [2.45, 2.75) is 5.25 Å². The molecule has 0 aromatic carbocycles. The van der Waals surface area contributed by atoms with Crippen LogP contribution < -0.4 is 5.32 Å². The van der Waals surface area contributed by atoms with E-state index >= 15 is 0 Å². The first kappa shape index (κ1) is 12.1. The van der Waals surface area contributed by atoms with Gasteiger partial charge in [0.05, 0.1) is 6.20 Å². The molecule has 1 unspecified atom stereocenters. The van der Waals surface area contributed by atoms with Crippen LogP contribution in [0.2, 0.25) is 0 Å². The Hall–Kier alpha value is -0.400. The number of thiazole rings is 1. The normalized spacial score (nSPS) is 20.6. The van der Waals surface area contributed by atoms with E-state index in [9.17, 15) is 4.79 Å². The third kappa shape index (κ3) is 3.29. The molecule has 1 aliphatic heterocycles. The molecule has 1 aliphatic rings. The fourth-order valence-electron chi connectivity index (χ4n) is 1.31. The second-order valence-electron chi connectivity index (χ2n) is 3.28. The molecular weight excluding hydrogens is 264 g/mol. The summed E-state index contributed by atoms with van der Waals surface area (Å²) >= 11 is 5.14. The van der Waals surface area contributed by atoms with E-state index in [1.54, 1.807) is 0 Å². The Morgan fingerprint density at radius 3 is 3.12 bits per heavy atom. The Labute approximate surface area is 106 Å². The molecule has 1 saturated heterocycles. The van der Waals surface area contributed by atoms with Crippen molar-refractivity contribution in [3.63, 3.8) is 0 Å². The van der Waals surface area contributed by atoms with E-state index in [2.05, 4.69) is 10.3 Å². The fraction of sp³-hybridized carbons (Fsp3) is 0.556. The van der Waals surface area contributed by atoms with Gasteiger partial charge >= 0.3 is 5.97 Å². The number of carbonyl (C=O) groups is 1. The van der Waals surface area contributed by atoms with Gasteiger partial charge in [0.1, 0.15) is 4.88 Å². The van der Waals surface area contributed by atoms with E-state index in [-0.39, 0.29) is 4.88 Å². The Morgan fingerprint density at radius 1 is 1.62 bits per heavy atom. The fourth-order valence-corrected chi connectivity index (χ4v) is 4.58. The number of hydrogen-bond acceptors (Lipinski definition) is 6. The van der Waals surface area contributed by atoms with Crippen LogP contribution in [0.3, 0.4) is 0 Å². The maximum Gasteiger partial charge on any atom is 0.347 e. The molecule has 7 heteroatoms. The molecule has 0 radical (unpaired) electrons. The van der Waals surface area contributed by atoms with Gasteiger partial charge in [-0.2, -0.15) is 23.5 Å². The van der Waals surface area contributed by atoms with Gasteiger partial charge in [0.2, 0.25) is 0 Å². The maximum absolute atomic E-state index is 10.7. The molecule has 1 atom stereocenters. The van der Waals surface area contributed by atoms with Gasteiger partial charge in [0.15, 0.2) is 5.13 Å². The molecule has 88 valence electrons. The van der Waals surface area contributed by atoms with Crippen LogP contribution in [0.25, 0.3) is 0 Å². The largest absolute Gasteiger partial charge is 0.477 e. The Balaban J connectivity index is 1.81. The van der Waals surface area contributed by atoms with Gasteiger partial charge in [-0.25, -0.2) is 9.78 Å². The lowest BCUT2D eigenvalue weighted by atomic mass is 10.5. The average molecular weight is 276 g/mol. The highest BCUT2D eigenvalue weighted by molar-refractivity contribution is 8.06. The van der Waals surface area contributed by atoms with Crippen LogP contribution >= 0.6 is 34.9 Å². The number of thioether (sulfide) groups is 2. The first-order valence-electron chi connectivity index (χ1n) is 4.88. The van der Waals surface area contributed by atoms with Crippen LogP contribution in [0.5, 0.6) is 0 Å².